The number of hydrazine groups is 1. The minimum absolute atomic E-state index is 0.103. The lowest BCUT2D eigenvalue weighted by molar-refractivity contribution is -0.114. The van der Waals surface area contributed by atoms with Crippen LogP contribution in [0.15, 0.2) is 0 Å². The van der Waals surface area contributed by atoms with Gasteiger partial charge >= 0.3 is 6.09 Å². The summed E-state index contributed by atoms with van der Waals surface area (Å²) in [5.74, 6) is 0.364. The van der Waals surface area contributed by atoms with E-state index in [4.69, 9.17) is 4.74 Å². The summed E-state index contributed by atoms with van der Waals surface area (Å²) in [5.41, 5.74) is 2.22. The van der Waals surface area contributed by atoms with Crippen LogP contribution in [-0.4, -0.2) is 36.1 Å². The zero-order valence-corrected chi connectivity index (χ0v) is 11.0. The van der Waals surface area contributed by atoms with Gasteiger partial charge in [0.15, 0.2) is 0 Å². The molecule has 5 heteroatoms. The highest BCUT2D eigenvalue weighted by atomic mass is 16.6. The van der Waals surface area contributed by atoms with Crippen molar-refractivity contribution in [1.82, 2.24) is 10.4 Å². The zero-order chi connectivity index (χ0) is 13.1. The number of piperidine rings is 1. The molecule has 1 fully saturated rings. The standard InChI is InChI=1S/C12H22N2O3/c1-9-7-14(6-5-10(9)8-15)13-11(16)17-12(2,3)4/h8-10H,5-7H2,1-4H3,(H,13,16)/t9-,10-/m0/s1. The fourth-order valence-electron chi connectivity index (χ4n) is 1.90. The summed E-state index contributed by atoms with van der Waals surface area (Å²) in [6.07, 6.45) is 1.35. The summed E-state index contributed by atoms with van der Waals surface area (Å²) in [7, 11) is 0. The third-order valence-electron chi connectivity index (χ3n) is 2.79. The van der Waals surface area contributed by atoms with Crippen molar-refractivity contribution >= 4 is 12.4 Å². The number of hydrogen-bond donors (Lipinski definition) is 1. The van der Waals surface area contributed by atoms with E-state index in [9.17, 15) is 9.59 Å². The first-order chi connectivity index (χ1) is 7.81. The quantitative estimate of drug-likeness (QED) is 0.747. The molecular formula is C12H22N2O3. The molecule has 1 aliphatic rings. The third kappa shape index (κ3) is 4.73. The van der Waals surface area contributed by atoms with E-state index in [2.05, 4.69) is 5.43 Å². The van der Waals surface area contributed by atoms with Gasteiger partial charge in [-0.15, -0.1) is 0 Å². The average Bonchev–Trinajstić information content (AvgIpc) is 2.14. The summed E-state index contributed by atoms with van der Waals surface area (Å²) in [6.45, 7) is 8.87. The van der Waals surface area contributed by atoms with E-state index in [1.54, 1.807) is 0 Å². The number of nitrogens with one attached hydrogen (secondary N) is 1. The first kappa shape index (κ1) is 14.0. The van der Waals surface area contributed by atoms with E-state index in [-0.39, 0.29) is 11.8 Å². The van der Waals surface area contributed by atoms with Crippen LogP contribution >= 0.6 is 0 Å². The molecule has 0 aromatic heterocycles. The Labute approximate surface area is 102 Å². The zero-order valence-electron chi connectivity index (χ0n) is 11.0. The van der Waals surface area contributed by atoms with Crippen LogP contribution < -0.4 is 5.43 Å². The molecule has 0 spiro atoms. The van der Waals surface area contributed by atoms with Gasteiger partial charge in [0.25, 0.3) is 0 Å². The lowest BCUT2D eigenvalue weighted by Gasteiger charge is -2.34. The second-order valence-electron chi connectivity index (χ2n) is 5.63. The van der Waals surface area contributed by atoms with Crippen LogP contribution in [0, 0.1) is 11.8 Å². The molecule has 1 saturated heterocycles. The van der Waals surface area contributed by atoms with Crippen molar-refractivity contribution in [2.45, 2.75) is 39.7 Å². The average molecular weight is 242 g/mol. The first-order valence-corrected chi connectivity index (χ1v) is 6.01. The summed E-state index contributed by atoms with van der Waals surface area (Å²) >= 11 is 0. The Kier molecular flexibility index (Phi) is 4.51. The van der Waals surface area contributed by atoms with E-state index in [1.807, 2.05) is 32.7 Å². The van der Waals surface area contributed by atoms with E-state index >= 15 is 0 Å². The maximum absolute atomic E-state index is 11.5. The van der Waals surface area contributed by atoms with Crippen LogP contribution in [0.25, 0.3) is 0 Å². The van der Waals surface area contributed by atoms with Gasteiger partial charge in [-0.05, 0) is 33.1 Å². The molecule has 0 unspecified atom stereocenters. The number of rotatable bonds is 2. The highest BCUT2D eigenvalue weighted by Crippen LogP contribution is 2.20. The predicted molar refractivity (Wildman–Crippen MR) is 64.3 cm³/mol. The lowest BCUT2D eigenvalue weighted by atomic mass is 9.89. The van der Waals surface area contributed by atoms with Gasteiger partial charge in [-0.25, -0.2) is 9.80 Å². The molecular weight excluding hydrogens is 220 g/mol. The van der Waals surface area contributed by atoms with E-state index in [1.165, 1.54) is 0 Å². The first-order valence-electron chi connectivity index (χ1n) is 6.01. The van der Waals surface area contributed by atoms with Crippen molar-refractivity contribution in [2.75, 3.05) is 13.1 Å². The molecule has 0 saturated carbocycles. The fraction of sp³-hybridized carbons (Fsp3) is 0.833. The van der Waals surface area contributed by atoms with Crippen LogP contribution in [0.2, 0.25) is 0 Å². The highest BCUT2D eigenvalue weighted by Gasteiger charge is 2.27. The second-order valence-corrected chi connectivity index (χ2v) is 5.63. The van der Waals surface area contributed by atoms with E-state index in [0.29, 0.717) is 13.1 Å². The molecule has 1 N–H and O–H groups in total. The van der Waals surface area contributed by atoms with Crippen molar-refractivity contribution in [2.24, 2.45) is 11.8 Å². The molecule has 0 bridgehead atoms. The number of nitrogens with zero attached hydrogens (tertiary/aromatic N) is 1. The van der Waals surface area contributed by atoms with E-state index in [0.717, 1.165) is 12.7 Å². The molecule has 0 aromatic carbocycles. The highest BCUT2D eigenvalue weighted by molar-refractivity contribution is 5.67. The molecule has 1 aliphatic heterocycles. The predicted octanol–water partition coefficient (Wildman–Crippen LogP) is 1.58. The monoisotopic (exact) mass is 242 g/mol. The number of amides is 1. The lowest BCUT2D eigenvalue weighted by Crippen LogP contribution is -2.50. The maximum Gasteiger partial charge on any atom is 0.422 e. The number of ether oxygens (including phenoxy) is 1. The minimum Gasteiger partial charge on any atom is -0.443 e. The fourth-order valence-corrected chi connectivity index (χ4v) is 1.90. The SMILES string of the molecule is C[C@H]1CN(NC(=O)OC(C)(C)C)CC[C@H]1C=O. The van der Waals surface area contributed by atoms with Gasteiger partial charge < -0.3 is 9.53 Å². The maximum atomic E-state index is 11.5. The van der Waals surface area contributed by atoms with Gasteiger partial charge in [0, 0.05) is 19.0 Å². The van der Waals surface area contributed by atoms with Gasteiger partial charge in [-0.1, -0.05) is 6.92 Å². The topological polar surface area (TPSA) is 58.6 Å². The van der Waals surface area contributed by atoms with Gasteiger partial charge in [0.05, 0.1) is 0 Å². The third-order valence-corrected chi connectivity index (χ3v) is 2.79. The van der Waals surface area contributed by atoms with E-state index < -0.39 is 11.7 Å². The number of carbonyl (C=O) groups excluding carboxylic acids is 2. The smallest absolute Gasteiger partial charge is 0.422 e. The van der Waals surface area contributed by atoms with Crippen LogP contribution in [0.5, 0.6) is 0 Å². The molecule has 0 radical (unpaired) electrons. The Morgan fingerprint density at radius 3 is 2.59 bits per heavy atom. The van der Waals surface area contributed by atoms with Gasteiger partial charge in [0.2, 0.25) is 0 Å². The molecule has 2 atom stereocenters. The Hall–Kier alpha value is -1.10. The van der Waals surface area contributed by atoms with Crippen molar-refractivity contribution in [3.63, 3.8) is 0 Å². The second kappa shape index (κ2) is 5.49. The van der Waals surface area contributed by atoms with Crippen LogP contribution in [0.3, 0.4) is 0 Å². The largest absolute Gasteiger partial charge is 0.443 e. The molecule has 98 valence electrons. The van der Waals surface area contributed by atoms with Crippen molar-refractivity contribution in [1.29, 1.82) is 0 Å². The molecule has 17 heavy (non-hydrogen) atoms. The summed E-state index contributed by atoms with van der Waals surface area (Å²) in [6, 6.07) is 0. The van der Waals surface area contributed by atoms with Crippen molar-refractivity contribution in [3.05, 3.63) is 0 Å². The van der Waals surface area contributed by atoms with Crippen LogP contribution in [-0.2, 0) is 9.53 Å². The van der Waals surface area contributed by atoms with Crippen LogP contribution in [0.4, 0.5) is 4.79 Å². The summed E-state index contributed by atoms with van der Waals surface area (Å²) < 4.78 is 5.17. The van der Waals surface area contributed by atoms with Crippen molar-refractivity contribution < 1.29 is 14.3 Å². The molecule has 1 heterocycles. The minimum atomic E-state index is -0.489. The molecule has 1 rings (SSSR count). The summed E-state index contributed by atoms with van der Waals surface area (Å²) in [4.78, 5) is 22.3. The molecule has 0 aliphatic carbocycles. The number of aldehydes is 1. The Morgan fingerprint density at radius 1 is 1.47 bits per heavy atom. The van der Waals surface area contributed by atoms with Gasteiger partial charge in [0.1, 0.15) is 11.9 Å². The normalized spacial score (nSPS) is 26.4. The Bertz CT molecular complexity index is 286. The molecule has 1 amide bonds. The Balaban J connectivity index is 2.39. The summed E-state index contributed by atoms with van der Waals surface area (Å²) in [5, 5.41) is 1.82. The molecule has 0 aromatic rings. The molecule has 5 nitrogen and oxygen atoms in total. The van der Waals surface area contributed by atoms with Gasteiger partial charge in [-0.3, -0.25) is 5.43 Å². The Morgan fingerprint density at radius 2 is 2.12 bits per heavy atom. The van der Waals surface area contributed by atoms with Crippen molar-refractivity contribution in [3.8, 4) is 0 Å². The van der Waals surface area contributed by atoms with Gasteiger partial charge in [-0.2, -0.15) is 0 Å². The number of hydrogen-bond acceptors (Lipinski definition) is 4. The van der Waals surface area contributed by atoms with Crippen LogP contribution in [0.1, 0.15) is 34.1 Å². The number of carbonyl (C=O) groups is 2.